The van der Waals surface area contributed by atoms with Crippen LogP contribution in [0.1, 0.15) is 20.3 Å². The van der Waals surface area contributed by atoms with Crippen molar-refractivity contribution < 1.29 is 9.72 Å². The Labute approximate surface area is 104 Å². The van der Waals surface area contributed by atoms with Gasteiger partial charge in [-0.05, 0) is 18.6 Å². The van der Waals surface area contributed by atoms with E-state index in [0.29, 0.717) is 12.1 Å². The van der Waals surface area contributed by atoms with E-state index in [4.69, 9.17) is 11.6 Å². The topological polar surface area (TPSA) is 72.2 Å². The number of rotatable bonds is 4. The smallest absolute Gasteiger partial charge is 0.289 e. The van der Waals surface area contributed by atoms with E-state index in [1.165, 1.54) is 18.2 Å². The zero-order valence-corrected chi connectivity index (χ0v) is 10.3. The second-order valence-electron chi connectivity index (χ2n) is 3.72. The molecule has 0 aliphatic carbocycles. The van der Waals surface area contributed by atoms with Crippen molar-refractivity contribution in [2.24, 2.45) is 5.92 Å². The van der Waals surface area contributed by atoms with E-state index in [2.05, 4.69) is 5.32 Å². The molecule has 1 rings (SSSR count). The van der Waals surface area contributed by atoms with Gasteiger partial charge in [-0.25, -0.2) is 0 Å². The largest absolute Gasteiger partial charge is 0.326 e. The van der Waals surface area contributed by atoms with Gasteiger partial charge in [0.15, 0.2) is 0 Å². The average Bonchev–Trinajstić information content (AvgIpc) is 2.30. The predicted octanol–water partition coefficient (Wildman–Crippen LogP) is 3.23. The molecule has 6 heteroatoms. The molecule has 1 aromatic rings. The van der Waals surface area contributed by atoms with Crippen LogP contribution in [0.5, 0.6) is 0 Å². The summed E-state index contributed by atoms with van der Waals surface area (Å²) in [4.78, 5) is 21.7. The zero-order chi connectivity index (χ0) is 13.0. The molecule has 0 aliphatic heterocycles. The lowest BCUT2D eigenvalue weighted by Gasteiger charge is -2.09. The van der Waals surface area contributed by atoms with E-state index in [1.54, 1.807) is 6.92 Å². The Morgan fingerprint density at radius 3 is 2.76 bits per heavy atom. The van der Waals surface area contributed by atoms with Gasteiger partial charge >= 0.3 is 0 Å². The van der Waals surface area contributed by atoms with Crippen molar-refractivity contribution >= 4 is 28.9 Å². The van der Waals surface area contributed by atoms with E-state index >= 15 is 0 Å². The minimum absolute atomic E-state index is 0.0524. The van der Waals surface area contributed by atoms with E-state index in [9.17, 15) is 14.9 Å². The van der Waals surface area contributed by atoms with Crippen LogP contribution in [-0.2, 0) is 4.79 Å². The highest BCUT2D eigenvalue weighted by atomic mass is 35.5. The van der Waals surface area contributed by atoms with Gasteiger partial charge in [0, 0.05) is 17.7 Å². The van der Waals surface area contributed by atoms with Gasteiger partial charge in [0.05, 0.1) is 4.92 Å². The quantitative estimate of drug-likeness (QED) is 0.664. The molecule has 0 aromatic heterocycles. The molecular weight excluding hydrogens is 244 g/mol. The van der Waals surface area contributed by atoms with Gasteiger partial charge in [0.2, 0.25) is 5.91 Å². The number of nitrogens with zero attached hydrogens (tertiary/aromatic N) is 1. The van der Waals surface area contributed by atoms with Crippen LogP contribution in [0.2, 0.25) is 5.02 Å². The Bertz CT molecular complexity index is 448. The molecule has 0 heterocycles. The Hall–Kier alpha value is -1.62. The first-order chi connectivity index (χ1) is 7.95. The molecule has 0 fully saturated rings. The van der Waals surface area contributed by atoms with Gasteiger partial charge < -0.3 is 5.32 Å². The normalized spacial score (nSPS) is 11.9. The predicted molar refractivity (Wildman–Crippen MR) is 66.2 cm³/mol. The Balaban J connectivity index is 2.90. The number of nitro benzene ring substituents is 1. The molecular formula is C11H13ClN2O3. The van der Waals surface area contributed by atoms with E-state index in [0.717, 1.165) is 0 Å². The Morgan fingerprint density at radius 1 is 1.59 bits per heavy atom. The van der Waals surface area contributed by atoms with Gasteiger partial charge in [-0.2, -0.15) is 0 Å². The summed E-state index contributed by atoms with van der Waals surface area (Å²) in [5, 5.41) is 13.3. The molecule has 17 heavy (non-hydrogen) atoms. The highest BCUT2D eigenvalue weighted by Crippen LogP contribution is 2.27. The number of halogens is 1. The number of anilines is 1. The lowest BCUT2D eigenvalue weighted by molar-refractivity contribution is -0.384. The van der Waals surface area contributed by atoms with E-state index in [1.807, 2.05) is 6.92 Å². The number of hydrogen-bond donors (Lipinski definition) is 1. The Kier molecular flexibility index (Phi) is 4.45. The molecule has 0 saturated carbocycles. The van der Waals surface area contributed by atoms with Crippen molar-refractivity contribution in [2.75, 3.05) is 5.32 Å². The van der Waals surface area contributed by atoms with Crippen molar-refractivity contribution in [3.05, 3.63) is 33.3 Å². The third-order valence-electron chi connectivity index (χ3n) is 2.47. The van der Waals surface area contributed by atoms with E-state index in [-0.39, 0.29) is 22.5 Å². The summed E-state index contributed by atoms with van der Waals surface area (Å²) in [7, 11) is 0. The van der Waals surface area contributed by atoms with Gasteiger partial charge in [0.25, 0.3) is 5.69 Å². The highest BCUT2D eigenvalue weighted by Gasteiger charge is 2.15. The molecule has 1 amide bonds. The lowest BCUT2D eigenvalue weighted by Crippen LogP contribution is -2.19. The van der Waals surface area contributed by atoms with Crippen LogP contribution in [-0.4, -0.2) is 10.8 Å². The second-order valence-corrected chi connectivity index (χ2v) is 4.13. The summed E-state index contributed by atoms with van der Waals surface area (Å²) in [6, 6.07) is 4.18. The molecule has 1 aromatic carbocycles. The summed E-state index contributed by atoms with van der Waals surface area (Å²) in [6.45, 7) is 3.69. The molecule has 92 valence electrons. The summed E-state index contributed by atoms with van der Waals surface area (Å²) < 4.78 is 0. The van der Waals surface area contributed by atoms with E-state index < -0.39 is 4.92 Å². The molecule has 0 saturated heterocycles. The number of hydrogen-bond acceptors (Lipinski definition) is 3. The maximum atomic E-state index is 11.6. The summed E-state index contributed by atoms with van der Waals surface area (Å²) in [6.07, 6.45) is 0.710. The zero-order valence-electron chi connectivity index (χ0n) is 9.57. The molecule has 0 bridgehead atoms. The van der Waals surface area contributed by atoms with Crippen molar-refractivity contribution in [2.45, 2.75) is 20.3 Å². The minimum Gasteiger partial charge on any atom is -0.326 e. The van der Waals surface area contributed by atoms with Crippen LogP contribution >= 0.6 is 11.6 Å². The molecule has 0 aliphatic rings. The standard InChI is InChI=1S/C11H13ClN2O3/c1-3-7(2)11(15)13-8-4-5-9(12)10(6-8)14(16)17/h4-7H,3H2,1-2H3,(H,13,15)/t7-/m1/s1. The van der Waals surface area contributed by atoms with Crippen molar-refractivity contribution in [3.63, 3.8) is 0 Å². The SMILES string of the molecule is CC[C@@H](C)C(=O)Nc1ccc(Cl)c([N+](=O)[O-])c1. The number of amides is 1. The number of carbonyl (C=O) groups is 1. The van der Waals surface area contributed by atoms with Gasteiger partial charge in [-0.15, -0.1) is 0 Å². The fourth-order valence-corrected chi connectivity index (χ4v) is 1.37. The minimum atomic E-state index is -0.582. The van der Waals surface area contributed by atoms with Gasteiger partial charge in [-0.3, -0.25) is 14.9 Å². The maximum absolute atomic E-state index is 11.6. The third kappa shape index (κ3) is 3.42. The summed E-state index contributed by atoms with van der Waals surface area (Å²) in [5.41, 5.74) is 0.167. The summed E-state index contributed by atoms with van der Waals surface area (Å²) >= 11 is 5.66. The van der Waals surface area contributed by atoms with Crippen molar-refractivity contribution in [1.29, 1.82) is 0 Å². The molecule has 1 atom stereocenters. The van der Waals surface area contributed by atoms with Crippen molar-refractivity contribution in [3.8, 4) is 0 Å². The molecule has 5 nitrogen and oxygen atoms in total. The van der Waals surface area contributed by atoms with Crippen LogP contribution in [0.15, 0.2) is 18.2 Å². The number of nitro groups is 1. The Morgan fingerprint density at radius 2 is 2.24 bits per heavy atom. The van der Waals surface area contributed by atoms with Crippen LogP contribution in [0.4, 0.5) is 11.4 Å². The highest BCUT2D eigenvalue weighted by molar-refractivity contribution is 6.32. The molecule has 0 spiro atoms. The van der Waals surface area contributed by atoms with Crippen LogP contribution < -0.4 is 5.32 Å². The number of carbonyl (C=O) groups excluding carboxylic acids is 1. The number of nitrogens with one attached hydrogen (secondary N) is 1. The lowest BCUT2D eigenvalue weighted by atomic mass is 10.1. The van der Waals surface area contributed by atoms with Crippen LogP contribution in [0.3, 0.4) is 0 Å². The first kappa shape index (κ1) is 13.4. The van der Waals surface area contributed by atoms with Crippen molar-refractivity contribution in [1.82, 2.24) is 0 Å². The first-order valence-electron chi connectivity index (χ1n) is 5.20. The second kappa shape index (κ2) is 5.63. The summed E-state index contributed by atoms with van der Waals surface area (Å²) in [5.74, 6) is -0.297. The van der Waals surface area contributed by atoms with Crippen LogP contribution in [0.25, 0.3) is 0 Å². The van der Waals surface area contributed by atoms with Gasteiger partial charge in [-0.1, -0.05) is 25.4 Å². The molecule has 1 N–H and O–H groups in total. The first-order valence-corrected chi connectivity index (χ1v) is 5.58. The average molecular weight is 257 g/mol. The van der Waals surface area contributed by atoms with Gasteiger partial charge in [0.1, 0.15) is 5.02 Å². The maximum Gasteiger partial charge on any atom is 0.289 e. The van der Waals surface area contributed by atoms with Crippen LogP contribution in [0, 0.1) is 16.0 Å². The third-order valence-corrected chi connectivity index (χ3v) is 2.79. The fraction of sp³-hybridized carbons (Fsp3) is 0.364. The molecule has 0 unspecified atom stereocenters. The monoisotopic (exact) mass is 256 g/mol. The molecule has 0 radical (unpaired) electrons. The number of benzene rings is 1. The fourth-order valence-electron chi connectivity index (χ4n) is 1.18.